The zero-order valence-electron chi connectivity index (χ0n) is 11.4. The minimum atomic E-state index is 0.316. The van der Waals surface area contributed by atoms with Crippen molar-refractivity contribution in [3.63, 3.8) is 0 Å². The average molecular weight is 236 g/mol. The van der Waals surface area contributed by atoms with Crippen LogP contribution in [0.3, 0.4) is 0 Å². The van der Waals surface area contributed by atoms with Gasteiger partial charge in [-0.3, -0.25) is 9.58 Å². The molecule has 0 aromatic carbocycles. The van der Waals surface area contributed by atoms with Crippen LogP contribution in [0.4, 0.5) is 0 Å². The van der Waals surface area contributed by atoms with Crippen molar-refractivity contribution < 1.29 is 0 Å². The number of hydrogen-bond acceptors (Lipinski definition) is 3. The second kappa shape index (κ2) is 4.78. The number of rotatable bonds is 3. The molecule has 1 fully saturated rings. The molecule has 0 aliphatic carbocycles. The number of nitrogens with zero attached hydrogens (tertiary/aromatic N) is 3. The van der Waals surface area contributed by atoms with Crippen LogP contribution >= 0.6 is 0 Å². The van der Waals surface area contributed by atoms with Gasteiger partial charge in [-0.05, 0) is 39.7 Å². The summed E-state index contributed by atoms with van der Waals surface area (Å²) in [5.41, 5.74) is 9.81. The first-order chi connectivity index (χ1) is 7.99. The summed E-state index contributed by atoms with van der Waals surface area (Å²) < 4.78 is 1.98. The van der Waals surface area contributed by atoms with Gasteiger partial charge in [0, 0.05) is 37.4 Å². The Labute approximate surface area is 104 Å². The standard InChI is InChI=1S/C13H24N4/c1-9(14)12-5-6-17(7-12)8-13-10(2)15-16(4)11(13)3/h9,12H,5-8,14H2,1-4H3. The van der Waals surface area contributed by atoms with Gasteiger partial charge in [0.05, 0.1) is 5.69 Å². The topological polar surface area (TPSA) is 47.1 Å². The third kappa shape index (κ3) is 2.53. The molecule has 2 heterocycles. The summed E-state index contributed by atoms with van der Waals surface area (Å²) in [5, 5.41) is 4.47. The van der Waals surface area contributed by atoms with Crippen LogP contribution in [-0.2, 0) is 13.6 Å². The summed E-state index contributed by atoms with van der Waals surface area (Å²) in [6.45, 7) is 9.69. The molecule has 0 bridgehead atoms. The summed E-state index contributed by atoms with van der Waals surface area (Å²) in [6, 6.07) is 0.316. The minimum absolute atomic E-state index is 0.316. The normalized spacial score (nSPS) is 23.2. The molecule has 1 aromatic rings. The SMILES string of the molecule is Cc1nn(C)c(C)c1CN1CCC(C(C)N)C1. The number of likely N-dealkylation sites (tertiary alicyclic amines) is 1. The van der Waals surface area contributed by atoms with E-state index in [1.54, 1.807) is 0 Å². The fraction of sp³-hybridized carbons (Fsp3) is 0.769. The van der Waals surface area contributed by atoms with Crippen LogP contribution in [0, 0.1) is 19.8 Å². The molecule has 1 aliphatic rings. The lowest BCUT2D eigenvalue weighted by molar-refractivity contribution is 0.307. The van der Waals surface area contributed by atoms with E-state index in [4.69, 9.17) is 5.73 Å². The lowest BCUT2D eigenvalue weighted by atomic mass is 10.0. The van der Waals surface area contributed by atoms with Crippen LogP contribution in [0.5, 0.6) is 0 Å². The number of nitrogens with two attached hydrogens (primary N) is 1. The molecule has 2 rings (SSSR count). The van der Waals surface area contributed by atoms with Crippen LogP contribution in [0.1, 0.15) is 30.3 Å². The second-order valence-electron chi connectivity index (χ2n) is 5.42. The van der Waals surface area contributed by atoms with E-state index in [2.05, 4.69) is 30.8 Å². The van der Waals surface area contributed by atoms with Crippen molar-refractivity contribution in [1.29, 1.82) is 0 Å². The summed E-state index contributed by atoms with van der Waals surface area (Å²) in [4.78, 5) is 2.50. The molecule has 4 heteroatoms. The van der Waals surface area contributed by atoms with Gasteiger partial charge < -0.3 is 5.73 Å². The maximum atomic E-state index is 5.97. The van der Waals surface area contributed by atoms with Gasteiger partial charge in [-0.15, -0.1) is 0 Å². The minimum Gasteiger partial charge on any atom is -0.328 e. The Morgan fingerprint density at radius 2 is 2.18 bits per heavy atom. The predicted octanol–water partition coefficient (Wildman–Crippen LogP) is 1.21. The lowest BCUT2D eigenvalue weighted by Gasteiger charge is -2.18. The fourth-order valence-corrected chi connectivity index (χ4v) is 2.71. The Hall–Kier alpha value is -0.870. The maximum absolute atomic E-state index is 5.97. The molecule has 96 valence electrons. The van der Waals surface area contributed by atoms with Crippen LogP contribution < -0.4 is 5.73 Å². The van der Waals surface area contributed by atoms with Crippen molar-refractivity contribution in [2.24, 2.45) is 18.7 Å². The van der Waals surface area contributed by atoms with Gasteiger partial charge in [-0.1, -0.05) is 0 Å². The van der Waals surface area contributed by atoms with Crippen molar-refractivity contribution in [2.75, 3.05) is 13.1 Å². The summed E-state index contributed by atoms with van der Waals surface area (Å²) in [6.07, 6.45) is 1.23. The van der Waals surface area contributed by atoms with Gasteiger partial charge in [-0.25, -0.2) is 0 Å². The van der Waals surface area contributed by atoms with E-state index in [9.17, 15) is 0 Å². The second-order valence-corrected chi connectivity index (χ2v) is 5.42. The van der Waals surface area contributed by atoms with Crippen molar-refractivity contribution >= 4 is 0 Å². The third-order valence-corrected chi connectivity index (χ3v) is 4.09. The first-order valence-corrected chi connectivity index (χ1v) is 6.46. The van der Waals surface area contributed by atoms with E-state index >= 15 is 0 Å². The first-order valence-electron chi connectivity index (χ1n) is 6.46. The van der Waals surface area contributed by atoms with Gasteiger partial charge >= 0.3 is 0 Å². The molecule has 0 amide bonds. The highest BCUT2D eigenvalue weighted by Gasteiger charge is 2.26. The highest BCUT2D eigenvalue weighted by atomic mass is 15.3. The van der Waals surface area contributed by atoms with E-state index in [1.807, 2.05) is 11.7 Å². The van der Waals surface area contributed by atoms with Crippen LogP contribution in [0.25, 0.3) is 0 Å². The van der Waals surface area contributed by atoms with E-state index in [0.29, 0.717) is 12.0 Å². The zero-order valence-corrected chi connectivity index (χ0v) is 11.4. The molecule has 2 N–H and O–H groups in total. The van der Waals surface area contributed by atoms with Crippen molar-refractivity contribution in [3.8, 4) is 0 Å². The molecule has 2 unspecified atom stereocenters. The predicted molar refractivity (Wildman–Crippen MR) is 69.7 cm³/mol. The van der Waals surface area contributed by atoms with E-state index in [-0.39, 0.29) is 0 Å². The molecule has 2 atom stereocenters. The van der Waals surface area contributed by atoms with E-state index in [1.165, 1.54) is 24.2 Å². The molecule has 1 aromatic heterocycles. The van der Waals surface area contributed by atoms with E-state index < -0.39 is 0 Å². The highest BCUT2D eigenvalue weighted by molar-refractivity contribution is 5.24. The fourth-order valence-electron chi connectivity index (χ4n) is 2.71. The molecule has 0 spiro atoms. The quantitative estimate of drug-likeness (QED) is 0.858. The van der Waals surface area contributed by atoms with Crippen LogP contribution in [0.15, 0.2) is 0 Å². The molecule has 4 nitrogen and oxygen atoms in total. The molecule has 1 aliphatic heterocycles. The summed E-state index contributed by atoms with van der Waals surface area (Å²) >= 11 is 0. The zero-order chi connectivity index (χ0) is 12.6. The van der Waals surface area contributed by atoms with Crippen molar-refractivity contribution in [2.45, 2.75) is 39.8 Å². The van der Waals surface area contributed by atoms with Gasteiger partial charge in [0.2, 0.25) is 0 Å². The first kappa shape index (κ1) is 12.6. The monoisotopic (exact) mass is 236 g/mol. The maximum Gasteiger partial charge on any atom is 0.0641 e. The smallest absolute Gasteiger partial charge is 0.0641 e. The largest absolute Gasteiger partial charge is 0.328 e. The Bertz CT molecular complexity index is 394. The van der Waals surface area contributed by atoms with Crippen molar-refractivity contribution in [1.82, 2.24) is 14.7 Å². The lowest BCUT2D eigenvalue weighted by Crippen LogP contribution is -2.29. The molecule has 17 heavy (non-hydrogen) atoms. The van der Waals surface area contributed by atoms with E-state index in [0.717, 1.165) is 18.8 Å². The Morgan fingerprint density at radius 1 is 1.47 bits per heavy atom. The third-order valence-electron chi connectivity index (χ3n) is 4.09. The molecule has 0 saturated carbocycles. The highest BCUT2D eigenvalue weighted by Crippen LogP contribution is 2.22. The Balaban J connectivity index is 2.03. The Morgan fingerprint density at radius 3 is 2.65 bits per heavy atom. The molecule has 0 radical (unpaired) electrons. The van der Waals surface area contributed by atoms with Gasteiger partial charge in [0.1, 0.15) is 0 Å². The molecular weight excluding hydrogens is 212 g/mol. The summed E-state index contributed by atoms with van der Waals surface area (Å²) in [5.74, 6) is 0.660. The Kier molecular flexibility index (Phi) is 3.54. The van der Waals surface area contributed by atoms with Gasteiger partial charge in [0.25, 0.3) is 0 Å². The van der Waals surface area contributed by atoms with Crippen LogP contribution in [0.2, 0.25) is 0 Å². The number of hydrogen-bond donors (Lipinski definition) is 1. The summed E-state index contributed by atoms with van der Waals surface area (Å²) in [7, 11) is 2.01. The van der Waals surface area contributed by atoms with Gasteiger partial charge in [0.15, 0.2) is 0 Å². The van der Waals surface area contributed by atoms with Crippen LogP contribution in [-0.4, -0.2) is 33.8 Å². The van der Waals surface area contributed by atoms with Crippen molar-refractivity contribution in [3.05, 3.63) is 17.0 Å². The number of aryl methyl sites for hydroxylation is 2. The number of aromatic nitrogens is 2. The average Bonchev–Trinajstić information content (AvgIpc) is 2.80. The molecular formula is C13H24N4. The molecule has 1 saturated heterocycles. The van der Waals surface area contributed by atoms with Gasteiger partial charge in [-0.2, -0.15) is 5.10 Å².